The summed E-state index contributed by atoms with van der Waals surface area (Å²) in [5.74, 6) is -0.00847. The number of hydrogen-bond acceptors (Lipinski definition) is 4. The summed E-state index contributed by atoms with van der Waals surface area (Å²) in [6.45, 7) is 0.672. The summed E-state index contributed by atoms with van der Waals surface area (Å²) in [7, 11) is 0. The van der Waals surface area contributed by atoms with Crippen molar-refractivity contribution in [1.82, 2.24) is 9.78 Å². The van der Waals surface area contributed by atoms with E-state index in [0.29, 0.717) is 17.9 Å². The molecule has 2 aliphatic rings. The van der Waals surface area contributed by atoms with Gasteiger partial charge in [0.15, 0.2) is 12.1 Å². The molecule has 3 N–H and O–H groups in total. The normalized spacial score (nSPS) is 19.1. The summed E-state index contributed by atoms with van der Waals surface area (Å²) in [6.07, 6.45) is 9.48. The van der Waals surface area contributed by atoms with Crippen molar-refractivity contribution in [2.45, 2.75) is 44.8 Å². The predicted molar refractivity (Wildman–Crippen MR) is 157 cm³/mol. The van der Waals surface area contributed by atoms with E-state index in [1.54, 1.807) is 16.8 Å². The molecule has 0 amide bonds. The van der Waals surface area contributed by atoms with Gasteiger partial charge in [0.05, 0.1) is 10.9 Å². The van der Waals surface area contributed by atoms with Crippen molar-refractivity contribution in [1.29, 1.82) is 0 Å². The molecule has 1 aliphatic heterocycles. The lowest BCUT2D eigenvalue weighted by Gasteiger charge is -2.31. The number of aromatic nitrogens is 2. The van der Waals surface area contributed by atoms with E-state index in [-0.39, 0.29) is 12.1 Å². The van der Waals surface area contributed by atoms with Gasteiger partial charge >= 0.3 is 0 Å². The number of nitrogens with zero attached hydrogens (tertiary/aromatic N) is 3. The molecule has 1 aliphatic carbocycles. The minimum absolute atomic E-state index is 0.0375. The van der Waals surface area contributed by atoms with Crippen LogP contribution in [0.15, 0.2) is 84.0 Å². The lowest BCUT2D eigenvalue weighted by molar-refractivity contribution is -0.0375. The SMILES string of the molecule is NC(/C=C/c1ccc(/C(=C(\c2ccccc2)C2CCC2)c2ccc3c(c2)c(F)nn3C2CCCCO2)cc1)=N\O. The van der Waals surface area contributed by atoms with Crippen molar-refractivity contribution in [3.8, 4) is 0 Å². The number of oxime groups is 1. The van der Waals surface area contributed by atoms with E-state index in [4.69, 9.17) is 15.7 Å². The molecule has 1 saturated heterocycles. The van der Waals surface area contributed by atoms with Crippen LogP contribution < -0.4 is 5.73 Å². The largest absolute Gasteiger partial charge is 0.409 e. The van der Waals surface area contributed by atoms with Crippen molar-refractivity contribution in [2.24, 2.45) is 16.8 Å². The van der Waals surface area contributed by atoms with E-state index in [1.807, 2.05) is 30.3 Å². The van der Waals surface area contributed by atoms with E-state index in [9.17, 15) is 0 Å². The molecule has 1 unspecified atom stereocenters. The molecule has 1 saturated carbocycles. The Kier molecular flexibility index (Phi) is 7.47. The van der Waals surface area contributed by atoms with E-state index in [1.165, 1.54) is 17.6 Å². The van der Waals surface area contributed by atoms with Crippen LogP contribution in [-0.4, -0.2) is 27.4 Å². The van der Waals surface area contributed by atoms with Gasteiger partial charge in [0, 0.05) is 6.61 Å². The second kappa shape index (κ2) is 11.5. The number of fused-ring (bicyclic) bond motifs is 1. The third-order valence-electron chi connectivity index (χ3n) is 8.01. The number of halogens is 1. The van der Waals surface area contributed by atoms with Crippen LogP contribution in [0.1, 0.15) is 67.0 Å². The summed E-state index contributed by atoms with van der Waals surface area (Å²) in [6, 6.07) is 24.7. The van der Waals surface area contributed by atoms with Gasteiger partial charge in [0.2, 0.25) is 5.95 Å². The van der Waals surface area contributed by atoms with Crippen LogP contribution in [0.4, 0.5) is 4.39 Å². The number of amidine groups is 1. The van der Waals surface area contributed by atoms with Crippen LogP contribution in [0.25, 0.3) is 28.1 Å². The second-order valence-corrected chi connectivity index (χ2v) is 10.6. The molecule has 1 atom stereocenters. The highest BCUT2D eigenvalue weighted by molar-refractivity contribution is 6.01. The minimum atomic E-state index is -0.473. The zero-order chi connectivity index (χ0) is 27.5. The summed E-state index contributed by atoms with van der Waals surface area (Å²) in [5.41, 5.74) is 12.9. The number of nitrogens with two attached hydrogens (primary N) is 1. The maximum atomic E-state index is 15.4. The van der Waals surface area contributed by atoms with Crippen LogP contribution in [-0.2, 0) is 4.74 Å². The Balaban J connectivity index is 1.51. The van der Waals surface area contributed by atoms with Gasteiger partial charge in [-0.3, -0.25) is 0 Å². The number of ether oxygens (including phenoxy) is 1. The van der Waals surface area contributed by atoms with Crippen LogP contribution in [0.2, 0.25) is 0 Å². The maximum Gasteiger partial charge on any atom is 0.240 e. The van der Waals surface area contributed by atoms with Crippen LogP contribution in [0.5, 0.6) is 0 Å². The Hall–Kier alpha value is -4.23. The van der Waals surface area contributed by atoms with Crippen LogP contribution >= 0.6 is 0 Å². The van der Waals surface area contributed by atoms with Gasteiger partial charge in [-0.15, -0.1) is 5.10 Å². The molecule has 0 radical (unpaired) electrons. The zero-order valence-corrected chi connectivity index (χ0v) is 22.3. The molecule has 3 aromatic carbocycles. The standard InChI is InChI=1S/C33H33FN4O2/c34-33-27-21-26(17-18-28(27)38(36-33)30-11-4-5-20-40-30)32(25-15-12-22(13-16-25)14-19-29(35)37-39)31(24-9-6-10-24)23-7-2-1-3-8-23/h1-3,7-8,12-19,21,24,30,39H,4-6,9-11,20H2,(H2,35,37)/b19-14+,32-31-. The van der Waals surface area contributed by atoms with Crippen molar-refractivity contribution in [3.05, 3.63) is 107 Å². The molecular formula is C33H33FN4O2. The number of benzene rings is 3. The molecular weight excluding hydrogens is 503 g/mol. The molecule has 0 bridgehead atoms. The lowest BCUT2D eigenvalue weighted by atomic mass is 9.73. The Morgan fingerprint density at radius 1 is 0.950 bits per heavy atom. The number of rotatable bonds is 7. The average Bonchev–Trinajstić information content (AvgIpc) is 3.31. The smallest absolute Gasteiger partial charge is 0.240 e. The van der Waals surface area contributed by atoms with Gasteiger partial charge in [-0.1, -0.05) is 78.3 Å². The Morgan fingerprint density at radius 3 is 2.40 bits per heavy atom. The fourth-order valence-corrected chi connectivity index (χ4v) is 5.75. The fourth-order valence-electron chi connectivity index (χ4n) is 5.75. The maximum absolute atomic E-state index is 15.4. The predicted octanol–water partition coefficient (Wildman–Crippen LogP) is 7.39. The van der Waals surface area contributed by atoms with E-state index in [2.05, 4.69) is 52.7 Å². The van der Waals surface area contributed by atoms with Crippen molar-refractivity contribution in [3.63, 3.8) is 0 Å². The van der Waals surface area contributed by atoms with Gasteiger partial charge < -0.3 is 15.7 Å². The summed E-state index contributed by atoms with van der Waals surface area (Å²) in [4.78, 5) is 0. The zero-order valence-electron chi connectivity index (χ0n) is 22.3. The topological polar surface area (TPSA) is 85.7 Å². The first kappa shape index (κ1) is 26.0. The second-order valence-electron chi connectivity index (χ2n) is 10.6. The number of hydrogen-bond donors (Lipinski definition) is 2. The van der Waals surface area contributed by atoms with Gasteiger partial charge in [-0.25, -0.2) is 4.68 Å². The minimum Gasteiger partial charge on any atom is -0.409 e. The fraction of sp³-hybridized carbons (Fsp3) is 0.273. The lowest BCUT2D eigenvalue weighted by Crippen LogP contribution is -2.19. The third kappa shape index (κ3) is 5.17. The van der Waals surface area contributed by atoms with Crippen molar-refractivity contribution < 1.29 is 14.3 Å². The van der Waals surface area contributed by atoms with Gasteiger partial charge in [-0.2, -0.15) is 4.39 Å². The molecule has 2 fully saturated rings. The van der Waals surface area contributed by atoms with Gasteiger partial charge in [0.1, 0.15) is 0 Å². The first-order valence-corrected chi connectivity index (χ1v) is 14.0. The molecule has 0 spiro atoms. The Bertz CT molecular complexity index is 1580. The monoisotopic (exact) mass is 536 g/mol. The molecule has 7 heteroatoms. The van der Waals surface area contributed by atoms with E-state index in [0.717, 1.165) is 59.9 Å². The first-order valence-electron chi connectivity index (χ1n) is 14.0. The Morgan fingerprint density at radius 2 is 1.73 bits per heavy atom. The number of allylic oxidation sites excluding steroid dienone is 1. The summed E-state index contributed by atoms with van der Waals surface area (Å²) >= 11 is 0. The van der Waals surface area contributed by atoms with E-state index < -0.39 is 5.95 Å². The third-order valence-corrected chi connectivity index (χ3v) is 8.01. The molecule has 6 rings (SSSR count). The van der Waals surface area contributed by atoms with Crippen LogP contribution in [0.3, 0.4) is 0 Å². The average molecular weight is 537 g/mol. The van der Waals surface area contributed by atoms with Crippen molar-refractivity contribution in [2.75, 3.05) is 6.61 Å². The molecule has 2 heterocycles. The van der Waals surface area contributed by atoms with E-state index >= 15 is 4.39 Å². The van der Waals surface area contributed by atoms with Gasteiger partial charge in [-0.05, 0) is 89.6 Å². The molecule has 40 heavy (non-hydrogen) atoms. The Labute approximate surface area is 233 Å². The highest BCUT2D eigenvalue weighted by atomic mass is 19.1. The highest BCUT2D eigenvalue weighted by Gasteiger charge is 2.28. The van der Waals surface area contributed by atoms with Crippen molar-refractivity contribution >= 4 is 34.0 Å². The summed E-state index contributed by atoms with van der Waals surface area (Å²) in [5, 5.41) is 16.6. The molecule has 6 nitrogen and oxygen atoms in total. The molecule has 4 aromatic rings. The van der Waals surface area contributed by atoms with Crippen LogP contribution in [0, 0.1) is 11.9 Å². The molecule has 204 valence electrons. The quantitative estimate of drug-likeness (QED) is 0.0848. The summed E-state index contributed by atoms with van der Waals surface area (Å²) < 4.78 is 23.0. The highest BCUT2D eigenvalue weighted by Crippen LogP contribution is 2.45. The van der Waals surface area contributed by atoms with Gasteiger partial charge in [0.25, 0.3) is 0 Å². The first-order chi connectivity index (χ1) is 19.6. The molecule has 1 aromatic heterocycles.